The van der Waals surface area contributed by atoms with Gasteiger partial charge in [-0.3, -0.25) is 9.78 Å². The van der Waals surface area contributed by atoms with Gasteiger partial charge in [0.15, 0.2) is 0 Å². The number of aromatic nitrogens is 3. The quantitative estimate of drug-likeness (QED) is 0.782. The summed E-state index contributed by atoms with van der Waals surface area (Å²) in [5, 5.41) is 1.05. The summed E-state index contributed by atoms with van der Waals surface area (Å²) in [6, 6.07) is 8.02. The highest BCUT2D eigenvalue weighted by molar-refractivity contribution is 6.02. The first kappa shape index (κ1) is 13.5. The zero-order chi connectivity index (χ0) is 14.8. The molecule has 1 atom stereocenters. The third-order valence-electron chi connectivity index (χ3n) is 3.76. The van der Waals surface area contributed by atoms with Gasteiger partial charge in [-0.2, -0.15) is 0 Å². The zero-order valence-corrected chi connectivity index (χ0v) is 12.0. The van der Waals surface area contributed by atoms with Crippen molar-refractivity contribution < 1.29 is 4.79 Å². The van der Waals surface area contributed by atoms with Crippen LogP contribution in [0.4, 0.5) is 0 Å². The Morgan fingerprint density at radius 3 is 2.86 bits per heavy atom. The number of nitrogens with zero attached hydrogens (tertiary/aromatic N) is 3. The highest BCUT2D eigenvalue weighted by Crippen LogP contribution is 2.28. The maximum atomic E-state index is 11.4. The predicted molar refractivity (Wildman–Crippen MR) is 82.8 cm³/mol. The fourth-order valence-electron chi connectivity index (χ4n) is 2.85. The van der Waals surface area contributed by atoms with E-state index in [9.17, 15) is 4.79 Å². The van der Waals surface area contributed by atoms with Crippen LogP contribution in [-0.2, 0) is 4.79 Å². The van der Waals surface area contributed by atoms with Crippen LogP contribution >= 0.6 is 0 Å². The van der Waals surface area contributed by atoms with Crippen molar-refractivity contribution >= 4 is 27.8 Å². The number of imidazole rings is 1. The number of amides is 1. The molecule has 1 unspecified atom stereocenters. The number of rotatable bonds is 5. The summed E-state index contributed by atoms with van der Waals surface area (Å²) in [5.41, 5.74) is 8.21. The summed E-state index contributed by atoms with van der Waals surface area (Å²) in [6.45, 7) is 2.10. The fraction of sp³-hybridized carbons (Fsp3) is 0.312. The molecule has 1 amide bonds. The van der Waals surface area contributed by atoms with Gasteiger partial charge in [0.25, 0.3) is 0 Å². The molecule has 3 aromatic rings. The average molecular weight is 282 g/mol. The van der Waals surface area contributed by atoms with Crippen LogP contribution in [0.1, 0.15) is 32.2 Å². The number of carbonyl (C=O) groups is 1. The topological polar surface area (TPSA) is 73.8 Å². The number of benzene rings is 1. The number of carbonyl (C=O) groups excluding carboxylic acids is 1. The number of pyridine rings is 1. The summed E-state index contributed by atoms with van der Waals surface area (Å²) in [4.78, 5) is 20.2. The van der Waals surface area contributed by atoms with Gasteiger partial charge in [-0.15, -0.1) is 0 Å². The number of primary amides is 1. The lowest BCUT2D eigenvalue weighted by molar-refractivity contribution is -0.118. The van der Waals surface area contributed by atoms with E-state index in [2.05, 4.69) is 21.5 Å². The third kappa shape index (κ3) is 2.46. The van der Waals surface area contributed by atoms with Crippen LogP contribution in [0.3, 0.4) is 0 Å². The van der Waals surface area contributed by atoms with Gasteiger partial charge >= 0.3 is 0 Å². The molecular weight excluding hydrogens is 264 g/mol. The molecule has 2 N–H and O–H groups in total. The Bertz CT molecular complexity index is 793. The molecule has 0 spiro atoms. The Hall–Kier alpha value is -2.43. The summed E-state index contributed by atoms with van der Waals surface area (Å²) in [5.74, 6) is -0.284. The second kappa shape index (κ2) is 5.52. The molecule has 0 radical (unpaired) electrons. The smallest absolute Gasteiger partial charge is 0.219 e. The Kier molecular flexibility index (Phi) is 3.56. The van der Waals surface area contributed by atoms with Gasteiger partial charge in [0, 0.05) is 17.8 Å². The van der Waals surface area contributed by atoms with E-state index >= 15 is 0 Å². The van der Waals surface area contributed by atoms with Crippen LogP contribution in [0.25, 0.3) is 21.9 Å². The Balaban J connectivity index is 2.21. The normalized spacial score (nSPS) is 12.8. The van der Waals surface area contributed by atoms with Crippen molar-refractivity contribution in [2.45, 2.75) is 32.2 Å². The van der Waals surface area contributed by atoms with Gasteiger partial charge in [-0.1, -0.05) is 31.5 Å². The second-order valence-electron chi connectivity index (χ2n) is 5.27. The van der Waals surface area contributed by atoms with Gasteiger partial charge in [0.2, 0.25) is 5.91 Å². The molecule has 2 aromatic heterocycles. The maximum Gasteiger partial charge on any atom is 0.219 e. The highest BCUT2D eigenvalue weighted by atomic mass is 16.1. The lowest BCUT2D eigenvalue weighted by Crippen LogP contribution is -2.19. The molecule has 108 valence electrons. The van der Waals surface area contributed by atoms with Crippen LogP contribution in [0.2, 0.25) is 0 Å². The molecule has 0 saturated carbocycles. The van der Waals surface area contributed by atoms with E-state index < -0.39 is 0 Å². The highest BCUT2D eigenvalue weighted by Gasteiger charge is 2.17. The number of nitrogens with two attached hydrogens (primary N) is 1. The van der Waals surface area contributed by atoms with Crippen molar-refractivity contribution in [3.63, 3.8) is 0 Å². The van der Waals surface area contributed by atoms with E-state index in [1.807, 2.05) is 24.3 Å². The van der Waals surface area contributed by atoms with E-state index in [-0.39, 0.29) is 11.9 Å². The molecular formula is C16H18N4O. The lowest BCUT2D eigenvalue weighted by Gasteiger charge is -2.18. The molecule has 1 aromatic carbocycles. The standard InChI is InChI=1S/C16H18N4O/c1-2-5-11(8-15(17)21)20-10-19-14-9-18-13-7-4-3-6-12(13)16(14)20/h3-4,6-7,9-11H,2,5,8H2,1H3,(H2,17,21). The van der Waals surface area contributed by atoms with Gasteiger partial charge in [0.1, 0.15) is 5.52 Å². The molecule has 0 bridgehead atoms. The number of hydrogen-bond donors (Lipinski definition) is 1. The van der Waals surface area contributed by atoms with E-state index in [0.29, 0.717) is 6.42 Å². The molecule has 0 aliphatic rings. The monoisotopic (exact) mass is 282 g/mol. The van der Waals surface area contributed by atoms with Gasteiger partial charge in [-0.05, 0) is 12.5 Å². The largest absolute Gasteiger partial charge is 0.370 e. The molecule has 5 heteroatoms. The molecule has 2 heterocycles. The number of para-hydroxylation sites is 1. The molecule has 0 aliphatic carbocycles. The predicted octanol–water partition coefficient (Wildman–Crippen LogP) is 2.80. The number of hydrogen-bond acceptors (Lipinski definition) is 3. The van der Waals surface area contributed by atoms with Crippen molar-refractivity contribution in [1.82, 2.24) is 14.5 Å². The maximum absolute atomic E-state index is 11.4. The van der Waals surface area contributed by atoms with E-state index in [4.69, 9.17) is 5.73 Å². The van der Waals surface area contributed by atoms with Crippen LogP contribution in [0.15, 0.2) is 36.8 Å². The van der Waals surface area contributed by atoms with Crippen LogP contribution < -0.4 is 5.73 Å². The van der Waals surface area contributed by atoms with Gasteiger partial charge < -0.3 is 10.3 Å². The van der Waals surface area contributed by atoms with Crippen LogP contribution in [0, 0.1) is 0 Å². The first-order valence-electron chi connectivity index (χ1n) is 7.19. The average Bonchev–Trinajstić information content (AvgIpc) is 2.90. The lowest BCUT2D eigenvalue weighted by atomic mass is 10.1. The van der Waals surface area contributed by atoms with Crippen LogP contribution in [-0.4, -0.2) is 20.4 Å². The second-order valence-corrected chi connectivity index (χ2v) is 5.27. The molecule has 0 aliphatic heterocycles. The van der Waals surface area contributed by atoms with E-state index in [1.165, 1.54) is 0 Å². The summed E-state index contributed by atoms with van der Waals surface area (Å²) in [7, 11) is 0. The molecule has 3 rings (SSSR count). The van der Waals surface area contributed by atoms with Crippen LogP contribution in [0.5, 0.6) is 0 Å². The molecule has 0 fully saturated rings. The molecule has 21 heavy (non-hydrogen) atoms. The van der Waals surface area contributed by atoms with Gasteiger partial charge in [0.05, 0.1) is 23.6 Å². The minimum atomic E-state index is -0.284. The Morgan fingerprint density at radius 1 is 1.29 bits per heavy atom. The Morgan fingerprint density at radius 2 is 2.10 bits per heavy atom. The first-order chi connectivity index (χ1) is 10.2. The first-order valence-corrected chi connectivity index (χ1v) is 7.19. The summed E-state index contributed by atoms with van der Waals surface area (Å²) < 4.78 is 2.08. The van der Waals surface area contributed by atoms with Crippen molar-refractivity contribution in [3.05, 3.63) is 36.8 Å². The minimum Gasteiger partial charge on any atom is -0.370 e. The fourth-order valence-corrected chi connectivity index (χ4v) is 2.85. The minimum absolute atomic E-state index is 0.0447. The van der Waals surface area contributed by atoms with Crippen molar-refractivity contribution in [3.8, 4) is 0 Å². The zero-order valence-electron chi connectivity index (χ0n) is 12.0. The van der Waals surface area contributed by atoms with Crippen molar-refractivity contribution in [1.29, 1.82) is 0 Å². The molecule has 0 saturated heterocycles. The molecule has 5 nitrogen and oxygen atoms in total. The summed E-state index contributed by atoms with van der Waals surface area (Å²) in [6.07, 6.45) is 5.78. The third-order valence-corrected chi connectivity index (χ3v) is 3.76. The van der Waals surface area contributed by atoms with Crippen molar-refractivity contribution in [2.75, 3.05) is 0 Å². The Labute approximate surface area is 122 Å². The number of fused-ring (bicyclic) bond motifs is 3. The van der Waals surface area contributed by atoms with E-state index in [1.54, 1.807) is 12.5 Å². The van der Waals surface area contributed by atoms with Gasteiger partial charge in [-0.25, -0.2) is 4.98 Å². The SMILES string of the molecule is CCCC(CC(N)=O)n1cnc2cnc3ccccc3c21. The summed E-state index contributed by atoms with van der Waals surface area (Å²) >= 11 is 0. The van der Waals surface area contributed by atoms with E-state index in [0.717, 1.165) is 34.8 Å². The van der Waals surface area contributed by atoms with Crippen molar-refractivity contribution in [2.24, 2.45) is 5.73 Å².